The molecule has 0 spiro atoms. The van der Waals surface area contributed by atoms with E-state index in [2.05, 4.69) is 30.6 Å². The van der Waals surface area contributed by atoms with Crippen molar-refractivity contribution >= 4 is 0 Å². The Morgan fingerprint density at radius 3 is 1.75 bits per heavy atom. The molecule has 0 atom stereocenters. The van der Waals surface area contributed by atoms with Crippen molar-refractivity contribution in [1.82, 2.24) is 9.80 Å². The molecule has 3 nitrogen and oxygen atoms in total. The Bertz CT molecular complexity index is 174. The summed E-state index contributed by atoms with van der Waals surface area (Å²) in [7, 11) is 0. The molecular weight excluding hydrogens is 227 g/mol. The number of piperazine rings is 1. The monoisotopic (exact) mass is 252 g/mol. The molecule has 4 heteroatoms. The minimum atomic E-state index is 0. The van der Waals surface area contributed by atoms with Gasteiger partial charge in [-0.3, -0.25) is 0 Å². The van der Waals surface area contributed by atoms with Gasteiger partial charge in [0, 0.05) is 26.2 Å². The van der Waals surface area contributed by atoms with E-state index in [0.717, 1.165) is 32.7 Å². The van der Waals surface area contributed by atoms with Crippen molar-refractivity contribution in [3.63, 3.8) is 0 Å². The summed E-state index contributed by atoms with van der Waals surface area (Å²) in [4.78, 5) is 4.80. The zero-order chi connectivity index (χ0) is 11.3. The van der Waals surface area contributed by atoms with Gasteiger partial charge in [0.25, 0.3) is 0 Å². The first kappa shape index (κ1) is 17.5. The molecule has 90 valence electrons. The predicted octanol–water partition coefficient (Wildman–Crippen LogP) is -2.60. The van der Waals surface area contributed by atoms with Crippen LogP contribution in [0.2, 0.25) is 0 Å². The van der Waals surface area contributed by atoms with Gasteiger partial charge >= 0.3 is 51.4 Å². The van der Waals surface area contributed by atoms with E-state index < -0.39 is 0 Å². The minimum Gasteiger partial charge on any atom is -0.854 e. The molecule has 0 unspecified atom stereocenters. The standard InChI is InChI=1S/C12H25N2O.K/c1-12(2,3)4-5-13-6-8-14(9-7-13)10-11-15;/h4-11H2,1-3H3;/q-1;+1. The molecule has 0 aromatic heterocycles. The Kier molecular flexibility index (Phi) is 9.40. The van der Waals surface area contributed by atoms with E-state index in [1.165, 1.54) is 13.0 Å². The van der Waals surface area contributed by atoms with Crippen LogP contribution < -0.4 is 56.5 Å². The maximum absolute atomic E-state index is 10.5. The van der Waals surface area contributed by atoms with E-state index in [-0.39, 0.29) is 58.0 Å². The summed E-state index contributed by atoms with van der Waals surface area (Å²) < 4.78 is 0. The first-order valence-electron chi connectivity index (χ1n) is 6.04. The van der Waals surface area contributed by atoms with Crippen molar-refractivity contribution in [2.75, 3.05) is 45.9 Å². The second-order valence-corrected chi connectivity index (χ2v) is 5.70. The van der Waals surface area contributed by atoms with Crippen LogP contribution in [0.15, 0.2) is 0 Å². The summed E-state index contributed by atoms with van der Waals surface area (Å²) in [5, 5.41) is 10.5. The van der Waals surface area contributed by atoms with E-state index in [0.29, 0.717) is 5.41 Å². The van der Waals surface area contributed by atoms with Gasteiger partial charge in [-0.2, -0.15) is 0 Å². The van der Waals surface area contributed by atoms with E-state index in [1.807, 2.05) is 0 Å². The predicted molar refractivity (Wildman–Crippen MR) is 61.8 cm³/mol. The Labute approximate surface area is 143 Å². The van der Waals surface area contributed by atoms with Gasteiger partial charge in [-0.25, -0.2) is 0 Å². The molecule has 0 N–H and O–H groups in total. The van der Waals surface area contributed by atoms with Crippen molar-refractivity contribution in [1.29, 1.82) is 0 Å². The number of hydrogen-bond acceptors (Lipinski definition) is 3. The SMILES string of the molecule is CC(C)(C)CCN1CCN(CC[O-])CC1.[K+]. The van der Waals surface area contributed by atoms with Gasteiger partial charge in [0.05, 0.1) is 0 Å². The van der Waals surface area contributed by atoms with E-state index in [1.54, 1.807) is 0 Å². The van der Waals surface area contributed by atoms with E-state index in [9.17, 15) is 5.11 Å². The van der Waals surface area contributed by atoms with Crippen LogP contribution in [0.4, 0.5) is 0 Å². The third kappa shape index (κ3) is 7.77. The van der Waals surface area contributed by atoms with Crippen LogP contribution in [0.5, 0.6) is 0 Å². The molecular formula is C12H25KN2O. The van der Waals surface area contributed by atoms with Gasteiger partial charge in [-0.15, -0.1) is 6.61 Å². The number of rotatable bonds is 4. The van der Waals surface area contributed by atoms with Crippen LogP contribution in [0, 0.1) is 5.41 Å². The average Bonchev–Trinajstić information content (AvgIpc) is 2.16. The number of hydrogen-bond donors (Lipinski definition) is 0. The van der Waals surface area contributed by atoms with Crippen LogP contribution in [-0.2, 0) is 0 Å². The summed E-state index contributed by atoms with van der Waals surface area (Å²) in [6.07, 6.45) is 1.26. The minimum absolute atomic E-state index is 0. The zero-order valence-electron chi connectivity index (χ0n) is 11.5. The topological polar surface area (TPSA) is 29.5 Å². The van der Waals surface area contributed by atoms with Crippen LogP contribution in [0.25, 0.3) is 0 Å². The van der Waals surface area contributed by atoms with E-state index >= 15 is 0 Å². The number of nitrogens with zero attached hydrogens (tertiary/aromatic N) is 2. The summed E-state index contributed by atoms with van der Waals surface area (Å²) in [6.45, 7) is 13.3. The fourth-order valence-corrected chi connectivity index (χ4v) is 1.86. The molecule has 0 bridgehead atoms. The van der Waals surface area contributed by atoms with Gasteiger partial charge in [-0.05, 0) is 24.9 Å². The van der Waals surface area contributed by atoms with Crippen LogP contribution in [-0.4, -0.2) is 55.7 Å². The second kappa shape index (κ2) is 8.59. The Morgan fingerprint density at radius 1 is 0.938 bits per heavy atom. The van der Waals surface area contributed by atoms with E-state index in [4.69, 9.17) is 0 Å². The molecule has 0 radical (unpaired) electrons. The molecule has 1 fully saturated rings. The second-order valence-electron chi connectivity index (χ2n) is 5.70. The normalized spacial score (nSPS) is 19.5. The van der Waals surface area contributed by atoms with Gasteiger partial charge in [0.2, 0.25) is 0 Å². The summed E-state index contributed by atoms with van der Waals surface area (Å²) in [6, 6.07) is 0. The Morgan fingerprint density at radius 2 is 1.38 bits per heavy atom. The van der Waals surface area contributed by atoms with Crippen molar-refractivity contribution in [3.8, 4) is 0 Å². The van der Waals surface area contributed by atoms with Crippen LogP contribution >= 0.6 is 0 Å². The fourth-order valence-electron chi connectivity index (χ4n) is 1.86. The smallest absolute Gasteiger partial charge is 0.854 e. The Hall–Kier alpha value is 1.52. The van der Waals surface area contributed by atoms with Crippen molar-refractivity contribution in [2.24, 2.45) is 5.41 Å². The fraction of sp³-hybridized carbons (Fsp3) is 1.00. The maximum Gasteiger partial charge on any atom is 1.00 e. The molecule has 1 rings (SSSR count). The van der Waals surface area contributed by atoms with Gasteiger partial charge in [0.15, 0.2) is 0 Å². The quantitative estimate of drug-likeness (QED) is 0.514. The zero-order valence-corrected chi connectivity index (χ0v) is 14.6. The largest absolute Gasteiger partial charge is 1.00 e. The third-order valence-electron chi connectivity index (χ3n) is 3.05. The van der Waals surface area contributed by atoms with Crippen LogP contribution in [0.3, 0.4) is 0 Å². The summed E-state index contributed by atoms with van der Waals surface area (Å²) in [5.74, 6) is 0. The molecule has 16 heavy (non-hydrogen) atoms. The van der Waals surface area contributed by atoms with Crippen LogP contribution in [0.1, 0.15) is 27.2 Å². The third-order valence-corrected chi connectivity index (χ3v) is 3.05. The molecule has 0 aromatic rings. The van der Waals surface area contributed by atoms with Crippen molar-refractivity contribution in [2.45, 2.75) is 27.2 Å². The molecule has 0 aliphatic carbocycles. The average molecular weight is 252 g/mol. The first-order valence-corrected chi connectivity index (χ1v) is 6.04. The Balaban J connectivity index is 0.00000225. The summed E-state index contributed by atoms with van der Waals surface area (Å²) in [5.41, 5.74) is 0.437. The first-order chi connectivity index (χ1) is 7.01. The molecule has 0 saturated carbocycles. The van der Waals surface area contributed by atoms with Crippen molar-refractivity contribution in [3.05, 3.63) is 0 Å². The molecule has 0 amide bonds. The summed E-state index contributed by atoms with van der Waals surface area (Å²) >= 11 is 0. The van der Waals surface area contributed by atoms with Gasteiger partial charge in [-0.1, -0.05) is 20.8 Å². The molecule has 0 aromatic carbocycles. The maximum atomic E-state index is 10.5. The van der Waals surface area contributed by atoms with Crippen molar-refractivity contribution < 1.29 is 56.5 Å². The molecule has 1 saturated heterocycles. The van der Waals surface area contributed by atoms with Gasteiger partial charge in [0.1, 0.15) is 0 Å². The van der Waals surface area contributed by atoms with Gasteiger partial charge < -0.3 is 14.9 Å². The molecule has 1 heterocycles. The molecule has 1 aliphatic heterocycles. The molecule has 1 aliphatic rings.